The van der Waals surface area contributed by atoms with E-state index < -0.39 is 23.0 Å². The van der Waals surface area contributed by atoms with Crippen molar-refractivity contribution in [2.24, 2.45) is 7.05 Å². The highest BCUT2D eigenvalue weighted by Gasteiger charge is 2.36. The fourth-order valence-corrected chi connectivity index (χ4v) is 2.57. The summed E-state index contributed by atoms with van der Waals surface area (Å²) in [6.07, 6.45) is 1.53. The molecule has 0 bridgehead atoms. The quantitative estimate of drug-likeness (QED) is 0.768. The van der Waals surface area contributed by atoms with E-state index in [0.29, 0.717) is 16.8 Å². The molecule has 1 unspecified atom stereocenters. The second-order valence-corrected chi connectivity index (χ2v) is 7.92. The molecule has 3 N–H and O–H groups in total. The van der Waals surface area contributed by atoms with Crippen molar-refractivity contribution in [1.82, 2.24) is 9.88 Å². The first-order valence-corrected chi connectivity index (χ1v) is 8.60. The molecule has 2 rings (SSSR count). The van der Waals surface area contributed by atoms with Crippen LogP contribution >= 0.6 is 0 Å². The second-order valence-electron chi connectivity index (χ2n) is 7.92. The molecule has 0 aliphatic carbocycles. The number of hydrogen-bond donors (Lipinski definition) is 3. The van der Waals surface area contributed by atoms with Gasteiger partial charge in [0.1, 0.15) is 11.5 Å². The highest BCUT2D eigenvalue weighted by Crippen LogP contribution is 2.25. The van der Waals surface area contributed by atoms with Gasteiger partial charge in [0.15, 0.2) is 5.60 Å². The van der Waals surface area contributed by atoms with Crippen LogP contribution in [0.4, 0.5) is 10.1 Å². The van der Waals surface area contributed by atoms with Gasteiger partial charge >= 0.3 is 0 Å². The van der Waals surface area contributed by atoms with E-state index in [2.05, 4.69) is 10.6 Å². The van der Waals surface area contributed by atoms with Crippen LogP contribution in [0, 0.1) is 12.7 Å². The Morgan fingerprint density at radius 2 is 1.78 bits per heavy atom. The molecular weight excluding hydrogens is 349 g/mol. The molecule has 7 heteroatoms. The van der Waals surface area contributed by atoms with Gasteiger partial charge in [0.25, 0.3) is 11.8 Å². The molecule has 146 valence electrons. The predicted octanol–water partition coefficient (Wildman–Crippen LogP) is 2.85. The summed E-state index contributed by atoms with van der Waals surface area (Å²) in [5, 5.41) is 16.1. The number of aryl methyl sites for hydroxylation is 2. The third-order valence-electron chi connectivity index (χ3n) is 4.15. The Labute approximate surface area is 158 Å². The zero-order chi connectivity index (χ0) is 20.6. The lowest BCUT2D eigenvalue weighted by Gasteiger charge is -2.28. The van der Waals surface area contributed by atoms with Crippen molar-refractivity contribution in [1.29, 1.82) is 0 Å². The summed E-state index contributed by atoms with van der Waals surface area (Å²) >= 11 is 0. The van der Waals surface area contributed by atoms with E-state index in [1.165, 1.54) is 42.0 Å². The van der Waals surface area contributed by atoms with Crippen LogP contribution < -0.4 is 10.6 Å². The van der Waals surface area contributed by atoms with Crippen molar-refractivity contribution < 1.29 is 19.1 Å². The van der Waals surface area contributed by atoms with E-state index in [1.54, 1.807) is 14.0 Å². The zero-order valence-electron chi connectivity index (χ0n) is 16.5. The van der Waals surface area contributed by atoms with Crippen LogP contribution in [-0.4, -0.2) is 27.0 Å². The fraction of sp³-hybridized carbons (Fsp3) is 0.400. The van der Waals surface area contributed by atoms with Gasteiger partial charge in [-0.15, -0.1) is 0 Å². The number of aliphatic hydroxyl groups is 1. The maximum absolute atomic E-state index is 13.4. The Bertz CT molecular complexity index is 879. The van der Waals surface area contributed by atoms with Crippen molar-refractivity contribution in [2.45, 2.75) is 45.8 Å². The molecule has 1 heterocycles. The van der Waals surface area contributed by atoms with Gasteiger partial charge in [-0.25, -0.2) is 4.39 Å². The first-order chi connectivity index (χ1) is 12.3. The van der Waals surface area contributed by atoms with Crippen LogP contribution in [-0.2, 0) is 17.4 Å². The molecule has 0 saturated heterocycles. The lowest BCUT2D eigenvalue weighted by Crippen LogP contribution is -2.50. The number of hydrogen-bond acceptors (Lipinski definition) is 3. The summed E-state index contributed by atoms with van der Waals surface area (Å²) in [7, 11) is 1.64. The third kappa shape index (κ3) is 4.74. The first-order valence-electron chi connectivity index (χ1n) is 8.60. The fourth-order valence-electron chi connectivity index (χ4n) is 2.57. The number of anilines is 1. The lowest BCUT2D eigenvalue weighted by atomic mass is 9.96. The highest BCUT2D eigenvalue weighted by molar-refractivity contribution is 6.03. The monoisotopic (exact) mass is 375 g/mol. The van der Waals surface area contributed by atoms with Crippen LogP contribution in [0.25, 0.3) is 0 Å². The predicted molar refractivity (Wildman–Crippen MR) is 102 cm³/mol. The molecule has 6 nitrogen and oxygen atoms in total. The number of aromatic nitrogens is 1. The summed E-state index contributed by atoms with van der Waals surface area (Å²) in [5.41, 5.74) is -0.865. The Kier molecular flexibility index (Phi) is 5.47. The van der Waals surface area contributed by atoms with Crippen molar-refractivity contribution in [2.75, 3.05) is 5.32 Å². The summed E-state index contributed by atoms with van der Waals surface area (Å²) in [4.78, 5) is 25.0. The van der Waals surface area contributed by atoms with Crippen molar-refractivity contribution >= 4 is 17.5 Å². The first kappa shape index (κ1) is 20.6. The van der Waals surface area contributed by atoms with Crippen LogP contribution in [0.15, 0.2) is 30.5 Å². The average molecular weight is 375 g/mol. The van der Waals surface area contributed by atoms with Gasteiger partial charge in [0.05, 0.1) is 0 Å². The molecule has 27 heavy (non-hydrogen) atoms. The topological polar surface area (TPSA) is 83.4 Å². The molecule has 0 aliphatic heterocycles. The third-order valence-corrected chi connectivity index (χ3v) is 4.15. The average Bonchev–Trinajstić information content (AvgIpc) is 2.92. The minimum atomic E-state index is -1.80. The zero-order valence-corrected chi connectivity index (χ0v) is 16.5. The van der Waals surface area contributed by atoms with Gasteiger partial charge in [0.2, 0.25) is 0 Å². The molecule has 1 aromatic heterocycles. The van der Waals surface area contributed by atoms with E-state index in [4.69, 9.17) is 0 Å². The molecule has 2 amide bonds. The number of rotatable bonds is 4. The molecular formula is C20H26FN3O3. The second kappa shape index (κ2) is 7.15. The van der Waals surface area contributed by atoms with E-state index in [9.17, 15) is 19.1 Å². The Balaban J connectivity index is 2.25. The Hall–Kier alpha value is -2.67. The van der Waals surface area contributed by atoms with Gasteiger partial charge < -0.3 is 20.3 Å². The van der Waals surface area contributed by atoms with Crippen molar-refractivity contribution in [3.05, 3.63) is 53.1 Å². The number of carbonyl (C=O) groups excluding carboxylic acids is 2. The Morgan fingerprint density at radius 1 is 1.15 bits per heavy atom. The number of amides is 2. The van der Waals surface area contributed by atoms with Crippen molar-refractivity contribution in [3.63, 3.8) is 0 Å². The molecule has 0 fully saturated rings. The van der Waals surface area contributed by atoms with Gasteiger partial charge in [-0.1, -0.05) is 0 Å². The molecule has 0 saturated carbocycles. The highest BCUT2D eigenvalue weighted by atomic mass is 19.1. The number of nitrogens with zero attached hydrogens (tertiary/aromatic N) is 1. The molecule has 1 aromatic carbocycles. The van der Waals surface area contributed by atoms with Gasteiger partial charge in [0, 0.05) is 30.0 Å². The van der Waals surface area contributed by atoms with E-state index >= 15 is 0 Å². The summed E-state index contributed by atoms with van der Waals surface area (Å²) < 4.78 is 14.9. The summed E-state index contributed by atoms with van der Waals surface area (Å²) in [6, 6.07) is 5.75. The molecule has 1 atom stereocenters. The molecule has 2 aromatic rings. The number of benzene rings is 1. The SMILES string of the molecule is Cc1cc(NC(=O)c2cc(C(C)(O)C(=O)NC(C)(C)C)cn2C)ccc1F. The molecule has 0 spiro atoms. The van der Waals surface area contributed by atoms with Crippen LogP contribution in [0.3, 0.4) is 0 Å². The minimum Gasteiger partial charge on any atom is -0.375 e. The largest absolute Gasteiger partial charge is 0.375 e. The number of carbonyl (C=O) groups is 2. The molecule has 0 radical (unpaired) electrons. The standard InChI is InChI=1S/C20H26FN3O3/c1-12-9-14(7-8-15(12)21)22-17(25)16-10-13(11-24(16)6)20(5,27)18(26)23-19(2,3)4/h7-11,27H,1-6H3,(H,22,25)(H,23,26). The van der Waals surface area contributed by atoms with Gasteiger partial charge in [-0.3, -0.25) is 9.59 Å². The number of halogens is 1. The van der Waals surface area contributed by atoms with Crippen molar-refractivity contribution in [3.8, 4) is 0 Å². The van der Waals surface area contributed by atoms with E-state index in [-0.39, 0.29) is 11.5 Å². The van der Waals surface area contributed by atoms with Crippen LogP contribution in [0.1, 0.15) is 49.3 Å². The van der Waals surface area contributed by atoms with Gasteiger partial charge in [-0.05, 0) is 64.4 Å². The molecule has 0 aliphatic rings. The normalized spacial score (nSPS) is 13.8. The maximum atomic E-state index is 13.4. The van der Waals surface area contributed by atoms with Crippen LogP contribution in [0.2, 0.25) is 0 Å². The minimum absolute atomic E-state index is 0.260. The van der Waals surface area contributed by atoms with Gasteiger partial charge in [-0.2, -0.15) is 0 Å². The number of nitrogens with one attached hydrogen (secondary N) is 2. The lowest BCUT2D eigenvalue weighted by molar-refractivity contribution is -0.140. The smallest absolute Gasteiger partial charge is 0.272 e. The summed E-state index contributed by atoms with van der Waals surface area (Å²) in [6.45, 7) is 8.44. The maximum Gasteiger partial charge on any atom is 0.272 e. The Morgan fingerprint density at radius 3 is 2.33 bits per heavy atom. The van der Waals surface area contributed by atoms with E-state index in [1.807, 2.05) is 20.8 Å². The van der Waals surface area contributed by atoms with E-state index in [0.717, 1.165) is 0 Å². The van der Waals surface area contributed by atoms with Crippen LogP contribution in [0.5, 0.6) is 0 Å². The summed E-state index contributed by atoms with van der Waals surface area (Å²) in [5.74, 6) is -1.33.